The molecule has 0 bridgehead atoms. The van der Waals surface area contributed by atoms with Gasteiger partial charge in [-0.3, -0.25) is 14.0 Å². The van der Waals surface area contributed by atoms with Crippen molar-refractivity contribution in [2.24, 2.45) is 17.8 Å². The van der Waals surface area contributed by atoms with Crippen molar-refractivity contribution in [3.8, 4) is 0 Å². The first kappa shape index (κ1) is 30.0. The topological polar surface area (TPSA) is 86.1 Å². The van der Waals surface area contributed by atoms with Crippen LogP contribution >= 0.6 is 0 Å². The molecule has 42 heavy (non-hydrogen) atoms. The highest BCUT2D eigenvalue weighted by atomic mass is 19.1. The molecule has 8 heteroatoms. The molecule has 1 aromatic heterocycles. The van der Waals surface area contributed by atoms with Gasteiger partial charge in [0, 0.05) is 24.3 Å². The van der Waals surface area contributed by atoms with Gasteiger partial charge in [-0.25, -0.2) is 4.79 Å². The Kier molecular flexibility index (Phi) is 9.73. The van der Waals surface area contributed by atoms with Crippen LogP contribution in [0.5, 0.6) is 0 Å². The summed E-state index contributed by atoms with van der Waals surface area (Å²) in [6, 6.07) is 16.2. The fourth-order valence-corrected chi connectivity index (χ4v) is 6.45. The summed E-state index contributed by atoms with van der Waals surface area (Å²) in [4.78, 5) is 41.6. The molecule has 1 amide bonds. The standard InChI is InChI=1S/C34H40FNO6/c1-3-40-34(39)31-19-27-17-24(9-14-29(27)42-31)18-28(37)32-30(41-21-23-7-5-4-6-8-23)15-16-36(32)33(38)26-12-10-25(11-13-26)22(2)20-35/h4-9,14,17,19,22,25-26,30,32H,3,10-13,15-16,18,20-21H2,1-2H3/t22-,25?,26?,30+,32-/m1/s1. The fourth-order valence-electron chi connectivity index (χ4n) is 6.45. The highest BCUT2D eigenvalue weighted by Gasteiger charge is 2.44. The van der Waals surface area contributed by atoms with Gasteiger partial charge >= 0.3 is 5.97 Å². The van der Waals surface area contributed by atoms with E-state index in [4.69, 9.17) is 13.9 Å². The first-order chi connectivity index (χ1) is 20.4. The number of Topliss-reactive ketones (excluding diaryl/α,β-unsaturated/α-hetero) is 1. The molecular weight excluding hydrogens is 537 g/mol. The summed E-state index contributed by atoms with van der Waals surface area (Å²) in [5.74, 6) is -0.314. The first-order valence-electron chi connectivity index (χ1n) is 15.1. The zero-order valence-corrected chi connectivity index (χ0v) is 24.4. The second-order valence-corrected chi connectivity index (χ2v) is 11.7. The number of amides is 1. The number of carbonyl (C=O) groups excluding carboxylic acids is 3. The molecule has 1 saturated carbocycles. The average Bonchev–Trinajstić information content (AvgIpc) is 3.64. The number of ether oxygens (including phenoxy) is 2. The van der Waals surface area contributed by atoms with Crippen molar-refractivity contribution in [3.63, 3.8) is 0 Å². The van der Waals surface area contributed by atoms with Crippen LogP contribution in [0.3, 0.4) is 0 Å². The van der Waals surface area contributed by atoms with Crippen LogP contribution in [0, 0.1) is 17.8 Å². The molecule has 0 spiro atoms. The van der Waals surface area contributed by atoms with Crippen molar-refractivity contribution in [1.29, 1.82) is 0 Å². The van der Waals surface area contributed by atoms with Gasteiger partial charge in [0.25, 0.3) is 0 Å². The number of carbonyl (C=O) groups is 3. The number of rotatable bonds is 11. The van der Waals surface area contributed by atoms with Crippen LogP contribution in [0.15, 0.2) is 59.0 Å². The van der Waals surface area contributed by atoms with E-state index in [1.807, 2.05) is 49.4 Å². The Morgan fingerprint density at radius 3 is 2.48 bits per heavy atom. The third-order valence-corrected chi connectivity index (χ3v) is 8.87. The molecule has 2 aromatic carbocycles. The second-order valence-electron chi connectivity index (χ2n) is 11.7. The lowest BCUT2D eigenvalue weighted by atomic mass is 9.76. The largest absolute Gasteiger partial charge is 0.460 e. The number of nitrogens with zero attached hydrogens (tertiary/aromatic N) is 1. The van der Waals surface area contributed by atoms with E-state index in [1.165, 1.54) is 0 Å². The molecular formula is C34H40FNO6. The molecule has 0 unspecified atom stereocenters. The van der Waals surface area contributed by atoms with Crippen LogP contribution in [0.25, 0.3) is 11.0 Å². The number of esters is 1. The van der Waals surface area contributed by atoms with E-state index in [1.54, 1.807) is 24.0 Å². The Balaban J connectivity index is 1.32. The van der Waals surface area contributed by atoms with Gasteiger partial charge in [-0.2, -0.15) is 0 Å². The van der Waals surface area contributed by atoms with Gasteiger partial charge < -0.3 is 18.8 Å². The van der Waals surface area contributed by atoms with E-state index in [0.29, 0.717) is 36.5 Å². The number of ketones is 1. The predicted molar refractivity (Wildman–Crippen MR) is 157 cm³/mol. The Bertz CT molecular complexity index is 1380. The van der Waals surface area contributed by atoms with Crippen molar-refractivity contribution < 1.29 is 32.7 Å². The van der Waals surface area contributed by atoms with Crippen molar-refractivity contribution in [2.75, 3.05) is 19.8 Å². The summed E-state index contributed by atoms with van der Waals surface area (Å²) in [5, 5.41) is 0.707. The lowest BCUT2D eigenvalue weighted by molar-refractivity contribution is -0.144. The van der Waals surface area contributed by atoms with E-state index in [9.17, 15) is 18.8 Å². The molecule has 5 rings (SSSR count). The van der Waals surface area contributed by atoms with Gasteiger partial charge in [0.1, 0.15) is 11.6 Å². The molecule has 3 atom stereocenters. The van der Waals surface area contributed by atoms with E-state index in [0.717, 1.165) is 36.8 Å². The van der Waals surface area contributed by atoms with Gasteiger partial charge in [-0.15, -0.1) is 0 Å². The molecule has 1 saturated heterocycles. The van der Waals surface area contributed by atoms with Crippen LogP contribution in [-0.2, 0) is 32.1 Å². The Labute approximate surface area is 246 Å². The summed E-state index contributed by atoms with van der Waals surface area (Å²) in [5.41, 5.74) is 2.32. The second kappa shape index (κ2) is 13.6. The molecule has 0 radical (unpaired) electrons. The monoisotopic (exact) mass is 577 g/mol. The lowest BCUT2D eigenvalue weighted by Gasteiger charge is -2.35. The summed E-state index contributed by atoms with van der Waals surface area (Å²) in [6.07, 6.45) is 3.42. The Morgan fingerprint density at radius 1 is 1.00 bits per heavy atom. The molecule has 1 aliphatic carbocycles. The average molecular weight is 578 g/mol. The first-order valence-corrected chi connectivity index (χ1v) is 15.1. The third kappa shape index (κ3) is 6.75. The van der Waals surface area contributed by atoms with Gasteiger partial charge in [0.05, 0.1) is 26.0 Å². The smallest absolute Gasteiger partial charge is 0.374 e. The Hall–Kier alpha value is -3.52. The number of benzene rings is 2. The lowest BCUT2D eigenvalue weighted by Crippen LogP contribution is -2.49. The number of fused-ring (bicyclic) bond motifs is 1. The van der Waals surface area contributed by atoms with Crippen molar-refractivity contribution >= 4 is 28.6 Å². The van der Waals surface area contributed by atoms with Crippen LogP contribution in [0.4, 0.5) is 4.39 Å². The number of hydrogen-bond donors (Lipinski definition) is 0. The molecule has 3 aromatic rings. The van der Waals surface area contributed by atoms with Gasteiger partial charge in [0.2, 0.25) is 11.7 Å². The van der Waals surface area contributed by atoms with E-state index in [-0.39, 0.29) is 49.0 Å². The maximum absolute atomic E-state index is 13.9. The molecule has 7 nitrogen and oxygen atoms in total. The maximum Gasteiger partial charge on any atom is 0.374 e. The van der Waals surface area contributed by atoms with Crippen LogP contribution in [0.1, 0.15) is 67.6 Å². The zero-order chi connectivity index (χ0) is 29.6. The van der Waals surface area contributed by atoms with Crippen molar-refractivity contribution in [1.82, 2.24) is 4.90 Å². The predicted octanol–water partition coefficient (Wildman–Crippen LogP) is 6.32. The minimum absolute atomic E-state index is 0.00915. The molecule has 2 aliphatic rings. The number of alkyl halides is 1. The molecule has 1 aliphatic heterocycles. The van der Waals surface area contributed by atoms with Crippen LogP contribution in [0.2, 0.25) is 0 Å². The van der Waals surface area contributed by atoms with Gasteiger partial charge in [0.15, 0.2) is 5.78 Å². The maximum atomic E-state index is 13.9. The summed E-state index contributed by atoms with van der Waals surface area (Å²) >= 11 is 0. The highest BCUT2D eigenvalue weighted by Crippen LogP contribution is 2.36. The summed E-state index contributed by atoms with van der Waals surface area (Å²) < 4.78 is 30.2. The van der Waals surface area contributed by atoms with Gasteiger partial charge in [-0.05, 0) is 80.2 Å². The number of hydrogen-bond acceptors (Lipinski definition) is 6. The van der Waals surface area contributed by atoms with E-state index < -0.39 is 18.1 Å². The van der Waals surface area contributed by atoms with Crippen LogP contribution in [-0.4, -0.2) is 54.5 Å². The van der Waals surface area contributed by atoms with E-state index in [2.05, 4.69) is 0 Å². The minimum atomic E-state index is -0.682. The quantitative estimate of drug-likeness (QED) is 0.248. The minimum Gasteiger partial charge on any atom is -0.460 e. The van der Waals surface area contributed by atoms with Gasteiger partial charge in [-0.1, -0.05) is 43.3 Å². The summed E-state index contributed by atoms with van der Waals surface area (Å²) in [7, 11) is 0. The number of halogens is 1. The SMILES string of the molecule is CCOC(=O)c1cc2cc(CC(=O)[C@@H]3[C@@H](OCc4ccccc4)CCN3C(=O)C3CCC([C@H](C)CF)CC3)ccc2o1. The molecule has 2 heterocycles. The highest BCUT2D eigenvalue weighted by molar-refractivity contribution is 5.95. The molecule has 224 valence electrons. The van der Waals surface area contributed by atoms with E-state index >= 15 is 0 Å². The number of likely N-dealkylation sites (tertiary alicyclic amines) is 1. The molecule has 2 fully saturated rings. The number of furan rings is 1. The molecule has 0 N–H and O–H groups in total. The fraction of sp³-hybridized carbons (Fsp3) is 0.500. The third-order valence-electron chi connectivity index (χ3n) is 8.87. The summed E-state index contributed by atoms with van der Waals surface area (Å²) in [6.45, 7) is 4.42. The normalized spacial score (nSPS) is 23.2. The van der Waals surface area contributed by atoms with Crippen LogP contribution < -0.4 is 0 Å². The van der Waals surface area contributed by atoms with Crippen molar-refractivity contribution in [2.45, 2.75) is 71.1 Å². The Morgan fingerprint density at radius 2 is 1.76 bits per heavy atom. The zero-order valence-electron chi connectivity index (χ0n) is 24.4. The van der Waals surface area contributed by atoms with Crippen molar-refractivity contribution in [3.05, 3.63) is 71.5 Å².